The second-order valence-corrected chi connectivity index (χ2v) is 7.40. The Kier molecular flexibility index (Phi) is 4.72. The molecule has 4 heterocycles. The number of pyridine rings is 1. The zero-order valence-corrected chi connectivity index (χ0v) is 17.0. The third-order valence-electron chi connectivity index (χ3n) is 5.75. The van der Waals surface area contributed by atoms with Crippen molar-refractivity contribution in [2.24, 2.45) is 0 Å². The molecule has 4 aromatic rings. The average Bonchev–Trinajstić information content (AvgIpc) is 3.24. The topological polar surface area (TPSA) is 92.8 Å². The summed E-state index contributed by atoms with van der Waals surface area (Å²) in [5.41, 5.74) is 11.0. The summed E-state index contributed by atoms with van der Waals surface area (Å²) >= 11 is 0. The summed E-state index contributed by atoms with van der Waals surface area (Å²) in [7, 11) is 0. The van der Waals surface area contributed by atoms with Crippen LogP contribution < -0.4 is 15.2 Å². The first-order chi connectivity index (χ1) is 14.7. The van der Waals surface area contributed by atoms with E-state index in [0.29, 0.717) is 31.1 Å². The molecule has 0 radical (unpaired) electrons. The summed E-state index contributed by atoms with van der Waals surface area (Å²) in [5, 5.41) is 15.8. The van der Waals surface area contributed by atoms with E-state index in [-0.39, 0.29) is 6.61 Å². The van der Waals surface area contributed by atoms with Crippen molar-refractivity contribution in [3.8, 4) is 11.1 Å². The lowest BCUT2D eigenvalue weighted by molar-refractivity contribution is -0.658. The highest BCUT2D eigenvalue weighted by atomic mass is 16.5. The number of fused-ring (bicyclic) bond motifs is 2. The Hall–Kier alpha value is -3.23. The van der Waals surface area contributed by atoms with Crippen LogP contribution in [0.3, 0.4) is 0 Å². The van der Waals surface area contributed by atoms with Gasteiger partial charge in [-0.25, -0.2) is 4.57 Å². The molecule has 0 aliphatic carbocycles. The van der Waals surface area contributed by atoms with Gasteiger partial charge in [0.15, 0.2) is 0 Å². The van der Waals surface area contributed by atoms with Gasteiger partial charge >= 0.3 is 0 Å². The molecule has 3 aromatic heterocycles. The number of para-hydroxylation sites is 1. The van der Waals surface area contributed by atoms with E-state index in [4.69, 9.17) is 10.5 Å². The maximum atomic E-state index is 10.1. The Morgan fingerprint density at radius 1 is 1.20 bits per heavy atom. The molecule has 3 N–H and O–H groups in total. The van der Waals surface area contributed by atoms with E-state index in [9.17, 15) is 5.11 Å². The number of nitrogens with zero attached hydrogens (tertiary/aromatic N) is 5. The van der Waals surface area contributed by atoms with Crippen molar-refractivity contribution < 1.29 is 14.4 Å². The first-order valence-electron chi connectivity index (χ1n) is 10.2. The molecule has 0 saturated carbocycles. The van der Waals surface area contributed by atoms with Crippen molar-refractivity contribution in [2.45, 2.75) is 20.1 Å². The molecule has 0 bridgehead atoms. The molecule has 8 nitrogen and oxygen atoms in total. The fraction of sp³-hybridized carbons (Fsp3) is 0.318. The lowest BCUT2D eigenvalue weighted by atomic mass is 10.1. The van der Waals surface area contributed by atoms with Gasteiger partial charge in [0.25, 0.3) is 5.65 Å². The number of rotatable bonds is 4. The maximum absolute atomic E-state index is 10.1. The summed E-state index contributed by atoms with van der Waals surface area (Å²) < 4.78 is 9.45. The number of aryl methyl sites for hydroxylation is 1. The van der Waals surface area contributed by atoms with Crippen LogP contribution in [0.1, 0.15) is 12.5 Å². The first kappa shape index (κ1) is 18.8. The number of anilines is 2. The van der Waals surface area contributed by atoms with Crippen LogP contribution in [0, 0.1) is 0 Å². The van der Waals surface area contributed by atoms with E-state index < -0.39 is 0 Å². The zero-order valence-electron chi connectivity index (χ0n) is 17.0. The number of aliphatic hydroxyl groups excluding tert-OH is 1. The van der Waals surface area contributed by atoms with E-state index in [0.717, 1.165) is 46.6 Å². The molecule has 30 heavy (non-hydrogen) atoms. The van der Waals surface area contributed by atoms with E-state index in [1.165, 1.54) is 0 Å². The number of aromatic nitrogens is 4. The summed E-state index contributed by atoms with van der Waals surface area (Å²) in [6.07, 6.45) is 3.71. The zero-order chi connectivity index (χ0) is 20.7. The molecule has 154 valence electrons. The minimum Gasteiger partial charge on any atom is -0.391 e. The number of hydrogen-bond donors (Lipinski definition) is 2. The van der Waals surface area contributed by atoms with Gasteiger partial charge < -0.3 is 15.6 Å². The highest BCUT2D eigenvalue weighted by molar-refractivity contribution is 5.86. The molecule has 0 unspecified atom stereocenters. The average molecular weight is 405 g/mol. The molecular formula is C22H25N6O2+. The second-order valence-electron chi connectivity index (χ2n) is 7.40. The van der Waals surface area contributed by atoms with Gasteiger partial charge in [-0.2, -0.15) is 0 Å². The second kappa shape index (κ2) is 7.55. The Balaban J connectivity index is 1.79. The fourth-order valence-electron chi connectivity index (χ4n) is 4.29. The van der Waals surface area contributed by atoms with Crippen LogP contribution in [0.4, 0.5) is 11.6 Å². The van der Waals surface area contributed by atoms with Gasteiger partial charge in [-0.15, -0.1) is 9.61 Å². The number of ether oxygens (including phenoxy) is 1. The van der Waals surface area contributed by atoms with E-state index >= 15 is 0 Å². The van der Waals surface area contributed by atoms with Crippen LogP contribution in [-0.4, -0.2) is 46.0 Å². The quantitative estimate of drug-likeness (QED) is 0.503. The molecule has 1 fully saturated rings. The van der Waals surface area contributed by atoms with Crippen LogP contribution in [0.25, 0.3) is 27.7 Å². The van der Waals surface area contributed by atoms with E-state index in [2.05, 4.69) is 38.6 Å². The van der Waals surface area contributed by atoms with Crippen molar-refractivity contribution in [1.29, 1.82) is 0 Å². The Bertz CT molecular complexity index is 1230. The maximum Gasteiger partial charge on any atom is 0.264 e. The van der Waals surface area contributed by atoms with Gasteiger partial charge in [0.1, 0.15) is 5.56 Å². The van der Waals surface area contributed by atoms with Crippen LogP contribution in [0.2, 0.25) is 0 Å². The monoisotopic (exact) mass is 405 g/mol. The normalized spacial score (nSPS) is 14.7. The van der Waals surface area contributed by atoms with Gasteiger partial charge in [0.05, 0.1) is 56.7 Å². The predicted molar refractivity (Wildman–Crippen MR) is 115 cm³/mol. The summed E-state index contributed by atoms with van der Waals surface area (Å²) in [5.74, 6) is 1.39. The number of nitrogen functional groups attached to an aromatic ring is 1. The van der Waals surface area contributed by atoms with E-state index in [1.807, 2.05) is 30.6 Å². The summed E-state index contributed by atoms with van der Waals surface area (Å²) in [6, 6.07) is 10.2. The van der Waals surface area contributed by atoms with E-state index in [1.54, 1.807) is 4.52 Å². The molecule has 1 aliphatic rings. The van der Waals surface area contributed by atoms with Gasteiger partial charge in [-0.3, -0.25) is 9.88 Å². The Labute approximate surface area is 174 Å². The Morgan fingerprint density at radius 2 is 2.00 bits per heavy atom. The van der Waals surface area contributed by atoms with Gasteiger partial charge in [0.2, 0.25) is 11.6 Å². The van der Waals surface area contributed by atoms with Crippen LogP contribution >= 0.6 is 0 Å². The van der Waals surface area contributed by atoms with Crippen molar-refractivity contribution in [2.75, 3.05) is 36.9 Å². The molecule has 0 spiro atoms. The van der Waals surface area contributed by atoms with Crippen molar-refractivity contribution in [1.82, 2.24) is 14.6 Å². The van der Waals surface area contributed by atoms with Crippen molar-refractivity contribution in [3.63, 3.8) is 0 Å². The lowest BCUT2D eigenvalue weighted by Gasteiger charge is -2.27. The standard InChI is InChI=1S/C22H24N6O2/c1-2-27-21(26-7-9-30-10-8-26)18(14-29)20(23)28-22(27)17(13-25-28)16-11-15-5-3-4-6-19(15)24-12-16/h3-6,11-13,23,29H,2,7-10,14H2,1H3/p+1. The molecule has 8 heteroatoms. The highest BCUT2D eigenvalue weighted by Gasteiger charge is 2.31. The number of benzene rings is 1. The molecule has 0 amide bonds. The number of nitrogens with two attached hydrogens (primary N) is 1. The summed E-state index contributed by atoms with van der Waals surface area (Å²) in [6.45, 7) is 5.47. The van der Waals surface area contributed by atoms with Crippen LogP contribution in [0.5, 0.6) is 0 Å². The predicted octanol–water partition coefficient (Wildman–Crippen LogP) is 1.77. The van der Waals surface area contributed by atoms with Crippen molar-refractivity contribution in [3.05, 3.63) is 48.3 Å². The van der Waals surface area contributed by atoms with Crippen molar-refractivity contribution >= 4 is 28.2 Å². The summed E-state index contributed by atoms with van der Waals surface area (Å²) in [4.78, 5) is 6.86. The molecule has 5 rings (SSSR count). The number of hydrogen-bond acceptors (Lipinski definition) is 6. The molecule has 1 aliphatic heterocycles. The molecular weight excluding hydrogens is 380 g/mol. The SMILES string of the molecule is CC[n+]1c(N2CCOCC2)c(CO)c(N)n2ncc(-c3cnc4ccccc4c3)c21. The van der Waals surface area contributed by atoms with Crippen LogP contribution in [0.15, 0.2) is 42.7 Å². The smallest absolute Gasteiger partial charge is 0.264 e. The third kappa shape index (κ3) is 2.88. The molecule has 1 aromatic carbocycles. The minimum atomic E-state index is -0.152. The first-order valence-corrected chi connectivity index (χ1v) is 10.2. The van der Waals surface area contributed by atoms with Gasteiger partial charge in [-0.1, -0.05) is 18.2 Å². The van der Waals surface area contributed by atoms with Gasteiger partial charge in [0, 0.05) is 17.1 Å². The fourth-order valence-corrected chi connectivity index (χ4v) is 4.29. The number of aliphatic hydroxyl groups is 1. The van der Waals surface area contributed by atoms with Crippen LogP contribution in [-0.2, 0) is 17.9 Å². The molecule has 1 saturated heterocycles. The minimum absolute atomic E-state index is 0.152. The highest BCUT2D eigenvalue weighted by Crippen LogP contribution is 2.31. The third-order valence-corrected chi connectivity index (χ3v) is 5.75. The Morgan fingerprint density at radius 3 is 2.77 bits per heavy atom. The largest absolute Gasteiger partial charge is 0.391 e. The van der Waals surface area contributed by atoms with Gasteiger partial charge in [-0.05, 0) is 19.1 Å². The molecule has 0 atom stereocenters. The number of morpholine rings is 1. The lowest BCUT2D eigenvalue weighted by Crippen LogP contribution is -2.48.